The first-order valence-electron chi connectivity index (χ1n) is 12.0. The zero-order chi connectivity index (χ0) is 25.1. The van der Waals surface area contributed by atoms with Gasteiger partial charge in [-0.1, -0.05) is 62.4 Å². The minimum Gasteiger partial charge on any atom is -0.481 e. The van der Waals surface area contributed by atoms with Crippen LogP contribution in [0, 0.1) is 11.8 Å². The molecule has 0 fully saturated rings. The van der Waals surface area contributed by atoms with E-state index < -0.39 is 35.0 Å². The van der Waals surface area contributed by atoms with Crippen LogP contribution in [0.15, 0.2) is 30.3 Å². The molecule has 0 saturated heterocycles. The molecular weight excluding hydrogens is 420 g/mol. The highest BCUT2D eigenvalue weighted by Crippen LogP contribution is 2.22. The van der Waals surface area contributed by atoms with Crippen LogP contribution < -0.4 is 0 Å². The first-order chi connectivity index (χ1) is 15.3. The van der Waals surface area contributed by atoms with E-state index in [1.807, 2.05) is 30.3 Å². The summed E-state index contributed by atoms with van der Waals surface area (Å²) in [5.41, 5.74) is -0.296. The zero-order valence-electron chi connectivity index (χ0n) is 21.2. The molecule has 0 heterocycles. The quantitative estimate of drug-likeness (QED) is 0.221. The summed E-state index contributed by atoms with van der Waals surface area (Å²) in [5.74, 6) is -3.14. The number of ether oxygens (including phenoxy) is 2. The normalized spacial score (nSPS) is 12.9. The number of esters is 2. The van der Waals surface area contributed by atoms with Gasteiger partial charge >= 0.3 is 17.9 Å². The molecule has 0 bridgehead atoms. The van der Waals surface area contributed by atoms with Crippen LogP contribution in [0.2, 0.25) is 0 Å². The lowest BCUT2D eigenvalue weighted by Gasteiger charge is -2.26. The van der Waals surface area contributed by atoms with Crippen LogP contribution in [0.4, 0.5) is 0 Å². The molecule has 0 saturated carbocycles. The van der Waals surface area contributed by atoms with E-state index in [0.717, 1.165) is 31.2 Å². The molecule has 1 unspecified atom stereocenters. The Bertz CT molecular complexity index is 714. The second-order valence-corrected chi connectivity index (χ2v) is 10.7. The smallest absolute Gasteiger partial charge is 0.320 e. The van der Waals surface area contributed by atoms with Crippen molar-refractivity contribution in [3.05, 3.63) is 35.9 Å². The van der Waals surface area contributed by atoms with Gasteiger partial charge in [0.05, 0.1) is 5.92 Å². The summed E-state index contributed by atoms with van der Waals surface area (Å²) in [6.07, 6.45) is 5.82. The van der Waals surface area contributed by atoms with Crippen LogP contribution in [0.5, 0.6) is 0 Å². The first-order valence-corrected chi connectivity index (χ1v) is 12.0. The molecule has 6 heteroatoms. The molecule has 0 aliphatic heterocycles. The van der Waals surface area contributed by atoms with Crippen molar-refractivity contribution in [2.24, 2.45) is 11.8 Å². The van der Waals surface area contributed by atoms with Crippen molar-refractivity contribution >= 4 is 17.9 Å². The van der Waals surface area contributed by atoms with Gasteiger partial charge in [-0.2, -0.15) is 0 Å². The molecule has 186 valence electrons. The number of carboxylic acid groups (broad SMARTS) is 1. The average Bonchev–Trinajstić information content (AvgIpc) is 2.66. The van der Waals surface area contributed by atoms with Gasteiger partial charge in [0.25, 0.3) is 0 Å². The van der Waals surface area contributed by atoms with Crippen molar-refractivity contribution in [2.45, 2.75) is 104 Å². The predicted octanol–water partition coefficient (Wildman–Crippen LogP) is 5.96. The molecule has 1 aromatic rings. The van der Waals surface area contributed by atoms with Crippen LogP contribution in [0.1, 0.15) is 92.1 Å². The molecule has 0 amide bonds. The van der Waals surface area contributed by atoms with E-state index in [9.17, 15) is 19.5 Å². The maximum atomic E-state index is 12.6. The predicted molar refractivity (Wildman–Crippen MR) is 129 cm³/mol. The highest BCUT2D eigenvalue weighted by atomic mass is 16.6. The first kappa shape index (κ1) is 28.7. The fraction of sp³-hybridized carbons (Fsp3) is 0.667. The minimum absolute atomic E-state index is 0.379. The maximum Gasteiger partial charge on any atom is 0.320 e. The highest BCUT2D eigenvalue weighted by Gasteiger charge is 2.34. The van der Waals surface area contributed by atoms with Crippen molar-refractivity contribution in [1.82, 2.24) is 0 Å². The number of hydrogen-bond donors (Lipinski definition) is 1. The third kappa shape index (κ3) is 13.1. The van der Waals surface area contributed by atoms with Crippen LogP contribution in [-0.4, -0.2) is 34.2 Å². The van der Waals surface area contributed by atoms with E-state index in [1.165, 1.54) is 0 Å². The number of aliphatic carboxylic acids is 1. The molecule has 1 N–H and O–H groups in total. The Morgan fingerprint density at radius 2 is 1.21 bits per heavy atom. The lowest BCUT2D eigenvalue weighted by atomic mass is 9.93. The van der Waals surface area contributed by atoms with Crippen molar-refractivity contribution in [3.63, 3.8) is 0 Å². The fourth-order valence-electron chi connectivity index (χ4n) is 3.56. The summed E-state index contributed by atoms with van der Waals surface area (Å²) in [5, 5.41) is 9.51. The highest BCUT2D eigenvalue weighted by molar-refractivity contribution is 5.95. The van der Waals surface area contributed by atoms with Crippen molar-refractivity contribution < 1.29 is 29.0 Å². The molecule has 1 rings (SSSR count). The lowest BCUT2D eigenvalue weighted by molar-refractivity contribution is -0.174. The third-order valence-electron chi connectivity index (χ3n) is 5.10. The monoisotopic (exact) mass is 462 g/mol. The number of carboxylic acids is 1. The minimum atomic E-state index is -0.925. The van der Waals surface area contributed by atoms with Crippen LogP contribution in [0.25, 0.3) is 0 Å². The van der Waals surface area contributed by atoms with E-state index >= 15 is 0 Å². The Kier molecular flexibility index (Phi) is 11.6. The SMILES string of the molecule is CC(C)(C)OC(=O)C(CCCCCCCC(Cc1ccccc1)C(=O)O)C(=O)OC(C)(C)C. The van der Waals surface area contributed by atoms with Gasteiger partial charge in [0.1, 0.15) is 11.2 Å². The van der Waals surface area contributed by atoms with Gasteiger partial charge < -0.3 is 14.6 Å². The second-order valence-electron chi connectivity index (χ2n) is 10.7. The van der Waals surface area contributed by atoms with Gasteiger partial charge in [0.2, 0.25) is 0 Å². The van der Waals surface area contributed by atoms with E-state index in [-0.39, 0.29) is 5.92 Å². The number of carbonyl (C=O) groups excluding carboxylic acids is 2. The Morgan fingerprint density at radius 1 is 0.758 bits per heavy atom. The Hall–Kier alpha value is -2.37. The number of unbranched alkanes of at least 4 members (excludes halogenated alkanes) is 4. The second kappa shape index (κ2) is 13.4. The number of benzene rings is 1. The third-order valence-corrected chi connectivity index (χ3v) is 5.10. The molecule has 6 nitrogen and oxygen atoms in total. The Balaban J connectivity index is 2.44. The Labute approximate surface area is 199 Å². The van der Waals surface area contributed by atoms with Gasteiger partial charge in [-0.15, -0.1) is 0 Å². The number of rotatable bonds is 13. The standard InChI is InChI=1S/C27H42O6/c1-26(2,3)32-24(30)22(25(31)33-27(4,5)6)18-14-9-7-8-13-17-21(23(28)29)19-20-15-11-10-12-16-20/h10-12,15-16,21-22H,7-9,13-14,17-19H2,1-6H3,(H,28,29). The zero-order valence-corrected chi connectivity index (χ0v) is 21.2. The maximum absolute atomic E-state index is 12.6. The average molecular weight is 463 g/mol. The summed E-state index contributed by atoms with van der Waals surface area (Å²) < 4.78 is 10.9. The van der Waals surface area contributed by atoms with E-state index in [1.54, 1.807) is 41.5 Å². The molecule has 1 atom stereocenters. The summed E-state index contributed by atoms with van der Waals surface area (Å²) in [4.78, 5) is 36.7. The Morgan fingerprint density at radius 3 is 1.67 bits per heavy atom. The van der Waals surface area contributed by atoms with Gasteiger partial charge in [-0.05, 0) is 66.4 Å². The molecule has 0 radical (unpaired) electrons. The van der Waals surface area contributed by atoms with Crippen molar-refractivity contribution in [1.29, 1.82) is 0 Å². The molecule has 0 aliphatic carbocycles. The van der Waals surface area contributed by atoms with Gasteiger partial charge in [0.15, 0.2) is 5.92 Å². The van der Waals surface area contributed by atoms with Gasteiger partial charge in [-0.25, -0.2) is 0 Å². The fourth-order valence-corrected chi connectivity index (χ4v) is 3.56. The molecule has 1 aromatic carbocycles. The van der Waals surface area contributed by atoms with Crippen LogP contribution >= 0.6 is 0 Å². The summed E-state index contributed by atoms with van der Waals surface area (Å²) in [7, 11) is 0. The van der Waals surface area contributed by atoms with Gasteiger partial charge in [-0.3, -0.25) is 14.4 Å². The van der Waals surface area contributed by atoms with Crippen LogP contribution in [-0.2, 0) is 30.3 Å². The molecule has 0 spiro atoms. The van der Waals surface area contributed by atoms with E-state index in [4.69, 9.17) is 9.47 Å². The summed E-state index contributed by atoms with van der Waals surface area (Å²) >= 11 is 0. The molecule has 0 aromatic heterocycles. The lowest BCUT2D eigenvalue weighted by Crippen LogP contribution is -2.36. The number of carbonyl (C=O) groups is 3. The van der Waals surface area contributed by atoms with Crippen LogP contribution in [0.3, 0.4) is 0 Å². The largest absolute Gasteiger partial charge is 0.481 e. The van der Waals surface area contributed by atoms with Gasteiger partial charge in [0, 0.05) is 0 Å². The topological polar surface area (TPSA) is 89.9 Å². The van der Waals surface area contributed by atoms with E-state index in [2.05, 4.69) is 0 Å². The van der Waals surface area contributed by atoms with Crippen molar-refractivity contribution in [3.8, 4) is 0 Å². The summed E-state index contributed by atoms with van der Waals surface area (Å²) in [6.45, 7) is 10.7. The molecule has 0 aliphatic rings. The molecule has 33 heavy (non-hydrogen) atoms. The van der Waals surface area contributed by atoms with Crippen molar-refractivity contribution in [2.75, 3.05) is 0 Å². The molecular formula is C27H42O6. The van der Waals surface area contributed by atoms with E-state index in [0.29, 0.717) is 25.7 Å². The number of hydrogen-bond acceptors (Lipinski definition) is 5. The summed E-state index contributed by atoms with van der Waals surface area (Å²) in [6, 6.07) is 9.70.